The molecule has 0 amide bonds. The highest BCUT2D eigenvalue weighted by molar-refractivity contribution is 5.44. The molecule has 132 valence electrons. The maximum Gasteiger partial charge on any atom is 0.231 e. The zero-order valence-corrected chi connectivity index (χ0v) is 14.3. The van der Waals surface area contributed by atoms with Crippen molar-refractivity contribution in [1.29, 1.82) is 0 Å². The second kappa shape index (κ2) is 7.29. The van der Waals surface area contributed by atoms with Gasteiger partial charge in [0.05, 0.1) is 18.9 Å². The third-order valence-corrected chi connectivity index (χ3v) is 4.57. The lowest BCUT2D eigenvalue weighted by molar-refractivity contribution is 0.0932. The number of nitrogens with zero attached hydrogens (tertiary/aromatic N) is 3. The van der Waals surface area contributed by atoms with E-state index in [9.17, 15) is 0 Å². The van der Waals surface area contributed by atoms with Gasteiger partial charge in [0.15, 0.2) is 11.5 Å². The van der Waals surface area contributed by atoms with Crippen molar-refractivity contribution >= 4 is 0 Å². The Kier molecular flexibility index (Phi) is 4.72. The lowest BCUT2D eigenvalue weighted by Crippen LogP contribution is -2.30. The number of aromatic nitrogens is 2. The van der Waals surface area contributed by atoms with E-state index in [1.165, 1.54) is 11.3 Å². The van der Waals surface area contributed by atoms with Crippen LogP contribution in [0.2, 0.25) is 0 Å². The molecule has 0 spiro atoms. The molecular formula is C19H23N3O3. The van der Waals surface area contributed by atoms with Crippen LogP contribution in [0.5, 0.6) is 11.5 Å². The van der Waals surface area contributed by atoms with Crippen LogP contribution in [0.25, 0.3) is 0 Å². The van der Waals surface area contributed by atoms with Gasteiger partial charge in [0.2, 0.25) is 6.79 Å². The standard InChI is InChI=1S/C19H23N3O3/c1-2-7-23-13-16-10-21(12-17-5-6-20-22(17)11-16)9-15-3-4-18-19(8-15)25-14-24-18/h2-6,8,16H,1,7,9-14H2. The molecule has 0 bridgehead atoms. The van der Waals surface area contributed by atoms with E-state index >= 15 is 0 Å². The number of ether oxygens (including phenoxy) is 3. The van der Waals surface area contributed by atoms with Gasteiger partial charge in [-0.15, -0.1) is 6.58 Å². The molecule has 0 radical (unpaired) electrons. The Morgan fingerprint density at radius 3 is 3.08 bits per heavy atom. The van der Waals surface area contributed by atoms with E-state index in [2.05, 4.69) is 39.5 Å². The predicted octanol–water partition coefficient (Wildman–Crippen LogP) is 2.45. The normalized spacial score (nSPS) is 19.4. The average molecular weight is 341 g/mol. The van der Waals surface area contributed by atoms with Crippen molar-refractivity contribution in [2.75, 3.05) is 26.6 Å². The average Bonchev–Trinajstić information content (AvgIpc) is 3.21. The Morgan fingerprint density at radius 2 is 2.16 bits per heavy atom. The molecule has 0 N–H and O–H groups in total. The highest BCUT2D eigenvalue weighted by atomic mass is 16.7. The van der Waals surface area contributed by atoms with Crippen LogP contribution in [0.3, 0.4) is 0 Å². The molecule has 0 aliphatic carbocycles. The number of hydrogen-bond acceptors (Lipinski definition) is 5. The van der Waals surface area contributed by atoms with Crippen LogP contribution >= 0.6 is 0 Å². The molecular weight excluding hydrogens is 318 g/mol. The first kappa shape index (κ1) is 16.2. The summed E-state index contributed by atoms with van der Waals surface area (Å²) in [7, 11) is 0. The molecule has 25 heavy (non-hydrogen) atoms. The Labute approximate surface area is 147 Å². The van der Waals surface area contributed by atoms with Gasteiger partial charge >= 0.3 is 0 Å². The second-order valence-corrected chi connectivity index (χ2v) is 6.55. The second-order valence-electron chi connectivity index (χ2n) is 6.55. The predicted molar refractivity (Wildman–Crippen MR) is 93.4 cm³/mol. The summed E-state index contributed by atoms with van der Waals surface area (Å²) in [5, 5.41) is 4.46. The SMILES string of the molecule is C=CCOCC1CN(Cc2ccc3c(c2)OCO3)Cc2ccnn2C1. The molecule has 0 fully saturated rings. The minimum atomic E-state index is 0.310. The first-order valence-electron chi connectivity index (χ1n) is 8.62. The summed E-state index contributed by atoms with van der Waals surface area (Å²) in [6.45, 7) is 8.92. The minimum Gasteiger partial charge on any atom is -0.454 e. The van der Waals surface area contributed by atoms with Gasteiger partial charge in [-0.2, -0.15) is 5.10 Å². The van der Waals surface area contributed by atoms with Gasteiger partial charge in [-0.3, -0.25) is 9.58 Å². The topological polar surface area (TPSA) is 48.8 Å². The smallest absolute Gasteiger partial charge is 0.231 e. The summed E-state index contributed by atoms with van der Waals surface area (Å²) in [5.41, 5.74) is 2.47. The lowest BCUT2D eigenvalue weighted by Gasteiger charge is -2.24. The van der Waals surface area contributed by atoms with Crippen LogP contribution in [0.4, 0.5) is 0 Å². The van der Waals surface area contributed by atoms with E-state index in [0.29, 0.717) is 25.9 Å². The van der Waals surface area contributed by atoms with Gasteiger partial charge in [-0.1, -0.05) is 12.1 Å². The van der Waals surface area contributed by atoms with Crippen LogP contribution in [-0.4, -0.2) is 41.2 Å². The summed E-state index contributed by atoms with van der Waals surface area (Å²) in [6.07, 6.45) is 3.67. The fourth-order valence-corrected chi connectivity index (χ4v) is 3.46. The van der Waals surface area contributed by atoms with Crippen LogP contribution in [0.1, 0.15) is 11.3 Å². The Hall–Kier alpha value is -2.31. The van der Waals surface area contributed by atoms with E-state index in [-0.39, 0.29) is 0 Å². The third kappa shape index (κ3) is 3.70. The number of hydrogen-bond donors (Lipinski definition) is 0. The largest absolute Gasteiger partial charge is 0.454 e. The molecule has 1 aromatic heterocycles. The molecule has 1 aromatic carbocycles. The summed E-state index contributed by atoms with van der Waals surface area (Å²) >= 11 is 0. The highest BCUT2D eigenvalue weighted by Gasteiger charge is 2.23. The van der Waals surface area contributed by atoms with Gasteiger partial charge in [-0.05, 0) is 23.8 Å². The maximum atomic E-state index is 5.71. The molecule has 1 atom stereocenters. The zero-order valence-electron chi connectivity index (χ0n) is 14.3. The molecule has 4 rings (SSSR count). The van der Waals surface area contributed by atoms with Crippen LogP contribution in [0.15, 0.2) is 43.1 Å². The van der Waals surface area contributed by atoms with Crippen LogP contribution in [0, 0.1) is 5.92 Å². The minimum absolute atomic E-state index is 0.310. The lowest BCUT2D eigenvalue weighted by atomic mass is 10.1. The monoisotopic (exact) mass is 341 g/mol. The van der Waals surface area contributed by atoms with E-state index in [1.807, 2.05) is 12.3 Å². The highest BCUT2D eigenvalue weighted by Crippen LogP contribution is 2.33. The van der Waals surface area contributed by atoms with Crippen molar-refractivity contribution in [3.05, 3.63) is 54.4 Å². The van der Waals surface area contributed by atoms with E-state index < -0.39 is 0 Å². The van der Waals surface area contributed by atoms with Crippen molar-refractivity contribution in [3.63, 3.8) is 0 Å². The van der Waals surface area contributed by atoms with Crippen molar-refractivity contribution in [2.45, 2.75) is 19.6 Å². The molecule has 2 aliphatic heterocycles. The summed E-state index contributed by atoms with van der Waals surface area (Å²) in [5.74, 6) is 2.06. The maximum absolute atomic E-state index is 5.71. The van der Waals surface area contributed by atoms with Crippen molar-refractivity contribution in [1.82, 2.24) is 14.7 Å². The summed E-state index contributed by atoms with van der Waals surface area (Å²) in [4.78, 5) is 2.44. The molecule has 3 heterocycles. The van der Waals surface area contributed by atoms with E-state index in [4.69, 9.17) is 14.2 Å². The number of rotatable bonds is 6. The van der Waals surface area contributed by atoms with Gasteiger partial charge in [0.1, 0.15) is 0 Å². The zero-order chi connectivity index (χ0) is 17.1. The fourth-order valence-electron chi connectivity index (χ4n) is 3.46. The molecule has 0 saturated heterocycles. The van der Waals surface area contributed by atoms with Gasteiger partial charge < -0.3 is 14.2 Å². The van der Waals surface area contributed by atoms with Crippen molar-refractivity contribution in [3.8, 4) is 11.5 Å². The molecule has 2 aromatic rings. The van der Waals surface area contributed by atoms with Crippen LogP contribution in [-0.2, 0) is 24.4 Å². The molecule has 2 aliphatic rings. The molecule has 6 nitrogen and oxygen atoms in total. The van der Waals surface area contributed by atoms with E-state index in [0.717, 1.165) is 37.7 Å². The first-order valence-corrected chi connectivity index (χ1v) is 8.62. The molecule has 1 unspecified atom stereocenters. The quantitative estimate of drug-likeness (QED) is 0.597. The Morgan fingerprint density at radius 1 is 1.24 bits per heavy atom. The molecule has 0 saturated carbocycles. The number of benzene rings is 1. The first-order chi connectivity index (χ1) is 12.3. The van der Waals surface area contributed by atoms with E-state index in [1.54, 1.807) is 6.08 Å². The number of fused-ring (bicyclic) bond motifs is 2. The van der Waals surface area contributed by atoms with Crippen molar-refractivity contribution in [2.24, 2.45) is 5.92 Å². The van der Waals surface area contributed by atoms with Gasteiger partial charge in [0, 0.05) is 38.3 Å². The fraction of sp³-hybridized carbons (Fsp3) is 0.421. The summed E-state index contributed by atoms with van der Waals surface area (Å²) in [6, 6.07) is 8.27. The summed E-state index contributed by atoms with van der Waals surface area (Å²) < 4.78 is 18.7. The van der Waals surface area contributed by atoms with Crippen molar-refractivity contribution < 1.29 is 14.2 Å². The third-order valence-electron chi connectivity index (χ3n) is 4.57. The van der Waals surface area contributed by atoms with Gasteiger partial charge in [0.25, 0.3) is 0 Å². The Balaban J connectivity index is 1.48. The molecule has 6 heteroatoms. The van der Waals surface area contributed by atoms with Crippen LogP contribution < -0.4 is 9.47 Å². The van der Waals surface area contributed by atoms with Gasteiger partial charge in [-0.25, -0.2) is 0 Å². The Bertz CT molecular complexity index is 743.